The highest BCUT2D eigenvalue weighted by molar-refractivity contribution is 7.90. The van der Waals surface area contributed by atoms with Crippen LogP contribution in [-0.4, -0.2) is 8.42 Å². The van der Waals surface area contributed by atoms with Crippen molar-refractivity contribution >= 4 is 15.7 Å². The fourth-order valence-corrected chi connectivity index (χ4v) is 2.83. The van der Waals surface area contributed by atoms with Gasteiger partial charge in [0.2, 0.25) is 0 Å². The van der Waals surface area contributed by atoms with Gasteiger partial charge in [-0.25, -0.2) is 0 Å². The molecular formula is C12H8N2O2S. The van der Waals surface area contributed by atoms with E-state index in [1.54, 1.807) is 36.4 Å². The summed E-state index contributed by atoms with van der Waals surface area (Å²) in [7, 11) is -3.69. The quantitative estimate of drug-likeness (QED) is 0.714. The highest BCUT2D eigenvalue weighted by atomic mass is 32.2. The predicted molar refractivity (Wildman–Crippen MR) is 63.6 cm³/mol. The van der Waals surface area contributed by atoms with Crippen LogP contribution in [0, 0.1) is 0 Å². The molecule has 1 aliphatic heterocycles. The van der Waals surface area contributed by atoms with E-state index in [2.05, 4.69) is 9.63 Å². The molecule has 84 valence electrons. The van der Waals surface area contributed by atoms with Crippen molar-refractivity contribution in [3.05, 3.63) is 48.5 Å². The van der Waals surface area contributed by atoms with Gasteiger partial charge in [0.25, 0.3) is 10.0 Å². The smallest absolute Gasteiger partial charge is 0.198 e. The summed E-state index contributed by atoms with van der Waals surface area (Å²) in [6.07, 6.45) is 0. The van der Waals surface area contributed by atoms with E-state index < -0.39 is 10.0 Å². The van der Waals surface area contributed by atoms with Crippen molar-refractivity contribution < 1.29 is 8.42 Å². The molecule has 0 aromatic heterocycles. The first-order valence-corrected chi connectivity index (χ1v) is 6.49. The first-order chi connectivity index (χ1) is 8.18. The van der Waals surface area contributed by atoms with Gasteiger partial charge in [0.1, 0.15) is 0 Å². The summed E-state index contributed by atoms with van der Waals surface area (Å²) in [4.78, 5) is 0.203. The number of hydrogen-bond acceptors (Lipinski definition) is 3. The van der Waals surface area contributed by atoms with E-state index >= 15 is 0 Å². The van der Waals surface area contributed by atoms with Gasteiger partial charge in [-0.3, -0.25) is 0 Å². The Morgan fingerprint density at radius 3 is 2.29 bits per heavy atom. The second-order valence-corrected chi connectivity index (χ2v) is 5.22. The Labute approximate surface area is 98.7 Å². The van der Waals surface area contributed by atoms with Crippen molar-refractivity contribution in [1.29, 1.82) is 0 Å². The van der Waals surface area contributed by atoms with Gasteiger partial charge in [0.15, 0.2) is 0 Å². The third kappa shape index (κ3) is 1.55. The monoisotopic (exact) mass is 244 g/mol. The third-order valence-electron chi connectivity index (χ3n) is 2.62. The summed E-state index contributed by atoms with van der Waals surface area (Å²) >= 11 is 0. The predicted octanol–water partition coefficient (Wildman–Crippen LogP) is 3.14. The normalized spacial score (nSPS) is 15.8. The largest absolute Gasteiger partial charge is 0.300 e. The number of fused-ring (bicyclic) bond motifs is 3. The van der Waals surface area contributed by atoms with Crippen LogP contribution in [0.5, 0.6) is 0 Å². The molecule has 17 heavy (non-hydrogen) atoms. The van der Waals surface area contributed by atoms with Crippen LogP contribution in [0.3, 0.4) is 0 Å². The molecule has 0 fully saturated rings. The van der Waals surface area contributed by atoms with Crippen LogP contribution in [0.25, 0.3) is 11.1 Å². The highest BCUT2D eigenvalue weighted by Gasteiger charge is 2.22. The molecule has 0 N–H and O–H groups in total. The van der Waals surface area contributed by atoms with Gasteiger partial charge in [-0.15, -0.1) is 5.11 Å². The second-order valence-electron chi connectivity index (χ2n) is 3.67. The van der Waals surface area contributed by atoms with Crippen molar-refractivity contribution in [1.82, 2.24) is 0 Å². The van der Waals surface area contributed by atoms with E-state index in [9.17, 15) is 8.42 Å². The number of hydrogen-bond donors (Lipinski definition) is 0. The van der Waals surface area contributed by atoms with Crippen LogP contribution in [0.15, 0.2) is 63.1 Å². The summed E-state index contributed by atoms with van der Waals surface area (Å²) in [5, 5.41) is 3.79. The Kier molecular flexibility index (Phi) is 2.09. The fourth-order valence-electron chi connectivity index (χ4n) is 1.84. The van der Waals surface area contributed by atoms with E-state index in [1.807, 2.05) is 12.1 Å². The van der Waals surface area contributed by atoms with Crippen molar-refractivity contribution in [3.8, 4) is 11.1 Å². The summed E-state index contributed by atoms with van der Waals surface area (Å²) in [5.74, 6) is 0. The van der Waals surface area contributed by atoms with Gasteiger partial charge in [0, 0.05) is 11.1 Å². The zero-order chi connectivity index (χ0) is 11.9. The molecule has 1 aliphatic rings. The molecule has 5 heteroatoms. The highest BCUT2D eigenvalue weighted by Crippen LogP contribution is 2.38. The Balaban J connectivity index is 2.47. The van der Waals surface area contributed by atoms with E-state index in [1.165, 1.54) is 0 Å². The molecule has 4 nitrogen and oxygen atoms in total. The van der Waals surface area contributed by atoms with Gasteiger partial charge >= 0.3 is 0 Å². The fraction of sp³-hybridized carbons (Fsp3) is 0. The van der Waals surface area contributed by atoms with Crippen LogP contribution in [0.1, 0.15) is 0 Å². The molecule has 0 bridgehead atoms. The molecular weight excluding hydrogens is 236 g/mol. The maximum absolute atomic E-state index is 11.9. The molecule has 1 heterocycles. The summed E-state index contributed by atoms with van der Waals surface area (Å²) in [5.41, 5.74) is 2.00. The maximum Gasteiger partial charge on any atom is 0.300 e. The molecule has 0 saturated heterocycles. The standard InChI is InChI=1S/C12H8N2O2S/c15-17(16)12-8-4-2-6-10(12)9-5-1-3-7-11(9)13-14-17/h1-8H. The lowest BCUT2D eigenvalue weighted by Gasteiger charge is -2.05. The Hall–Kier alpha value is -2.01. The molecule has 0 amide bonds. The van der Waals surface area contributed by atoms with Crippen molar-refractivity contribution in [2.24, 2.45) is 9.63 Å². The summed E-state index contributed by atoms with van der Waals surface area (Å²) in [6.45, 7) is 0. The van der Waals surface area contributed by atoms with Crippen LogP contribution >= 0.6 is 0 Å². The van der Waals surface area contributed by atoms with Gasteiger partial charge in [-0.05, 0) is 12.1 Å². The zero-order valence-corrected chi connectivity index (χ0v) is 9.55. The first-order valence-electron chi connectivity index (χ1n) is 5.05. The van der Waals surface area contributed by atoms with E-state index in [4.69, 9.17) is 0 Å². The number of benzene rings is 2. The van der Waals surface area contributed by atoms with Gasteiger partial charge in [-0.2, -0.15) is 8.42 Å². The zero-order valence-electron chi connectivity index (χ0n) is 8.74. The first kappa shape index (κ1) is 10.2. The lowest BCUT2D eigenvalue weighted by Crippen LogP contribution is -1.96. The molecule has 0 atom stereocenters. The Bertz CT molecular complexity index is 721. The topological polar surface area (TPSA) is 58.9 Å². The van der Waals surface area contributed by atoms with Crippen LogP contribution < -0.4 is 0 Å². The summed E-state index contributed by atoms with van der Waals surface area (Å²) in [6, 6.07) is 14.0. The third-order valence-corrected chi connectivity index (χ3v) is 3.82. The summed E-state index contributed by atoms with van der Waals surface area (Å²) < 4.78 is 27.2. The van der Waals surface area contributed by atoms with E-state index in [0.29, 0.717) is 11.3 Å². The molecule has 0 aliphatic carbocycles. The van der Waals surface area contributed by atoms with Crippen molar-refractivity contribution in [2.75, 3.05) is 0 Å². The van der Waals surface area contributed by atoms with E-state index in [-0.39, 0.29) is 4.90 Å². The molecule has 0 unspecified atom stereocenters. The second kappa shape index (κ2) is 3.49. The minimum atomic E-state index is -3.69. The number of sulfonamides is 1. The molecule has 2 aromatic rings. The average molecular weight is 244 g/mol. The molecule has 0 saturated carbocycles. The lowest BCUT2D eigenvalue weighted by molar-refractivity contribution is 0.596. The number of rotatable bonds is 0. The number of nitrogens with zero attached hydrogens (tertiary/aromatic N) is 2. The van der Waals surface area contributed by atoms with E-state index in [0.717, 1.165) is 5.56 Å². The van der Waals surface area contributed by atoms with Gasteiger partial charge in [-0.1, -0.05) is 40.9 Å². The maximum atomic E-state index is 11.9. The van der Waals surface area contributed by atoms with Crippen molar-refractivity contribution in [2.45, 2.75) is 4.90 Å². The van der Waals surface area contributed by atoms with Crippen LogP contribution in [0.4, 0.5) is 5.69 Å². The minimum absolute atomic E-state index is 0.203. The van der Waals surface area contributed by atoms with Crippen molar-refractivity contribution in [3.63, 3.8) is 0 Å². The molecule has 3 rings (SSSR count). The van der Waals surface area contributed by atoms with Gasteiger partial charge < -0.3 is 0 Å². The van der Waals surface area contributed by atoms with Crippen LogP contribution in [0.2, 0.25) is 0 Å². The Morgan fingerprint density at radius 2 is 1.47 bits per heavy atom. The SMILES string of the molecule is O=S1(=O)N=Nc2ccccc2-c2ccccc21. The van der Waals surface area contributed by atoms with Gasteiger partial charge in [0.05, 0.1) is 10.6 Å². The Morgan fingerprint density at radius 1 is 0.824 bits per heavy atom. The average Bonchev–Trinajstić information content (AvgIpc) is 2.47. The van der Waals surface area contributed by atoms with Crippen LogP contribution in [-0.2, 0) is 10.0 Å². The lowest BCUT2D eigenvalue weighted by atomic mass is 10.0. The molecule has 2 aromatic carbocycles. The molecule has 0 spiro atoms. The molecule has 0 radical (unpaired) electrons. The minimum Gasteiger partial charge on any atom is -0.198 e.